The summed E-state index contributed by atoms with van der Waals surface area (Å²) >= 11 is 0. The van der Waals surface area contributed by atoms with Gasteiger partial charge in [-0.05, 0) is 60.0 Å². The molecule has 3 fully saturated rings. The Balaban J connectivity index is 1.54. The molecule has 1 aromatic carbocycles. The molecule has 3 saturated heterocycles. The van der Waals surface area contributed by atoms with Crippen molar-refractivity contribution in [2.24, 2.45) is 18.9 Å². The van der Waals surface area contributed by atoms with E-state index in [1.165, 1.54) is 17.3 Å². The molecule has 4 aliphatic heterocycles. The molecule has 2 aromatic rings. The maximum atomic E-state index is 7.26. The van der Waals surface area contributed by atoms with E-state index < -0.39 is 8.32 Å². The van der Waals surface area contributed by atoms with Gasteiger partial charge in [-0.15, -0.1) is 0 Å². The van der Waals surface area contributed by atoms with Gasteiger partial charge in [0.25, 0.3) is 0 Å². The molecule has 0 amide bonds. The average molecular weight is 495 g/mol. The fourth-order valence-electron chi connectivity index (χ4n) is 8.58. The van der Waals surface area contributed by atoms with E-state index in [2.05, 4.69) is 89.3 Å². The predicted octanol–water partition coefficient (Wildman–Crippen LogP) is 7.24. The standard InChI is InChI=1S/C30H46N2O2Si/c1-10-21-16-32-28-15-25-23-12-11-22(33-9)13-27(23)31(8)30(25)29(32)14-24(21)26(28)17-34-35(18(2)3,19(4)5)20(6)7/h10-13,18-20,24,26,28-29H,14-17H2,1-9H3/b21-10-/t24-,26+,28-,29-/m0/s1. The molecular formula is C30H46N2O2Si. The van der Waals surface area contributed by atoms with Crippen molar-refractivity contribution in [3.63, 3.8) is 0 Å². The van der Waals surface area contributed by atoms with Crippen molar-refractivity contribution in [3.8, 4) is 5.75 Å². The van der Waals surface area contributed by atoms with Crippen molar-refractivity contribution in [3.05, 3.63) is 41.1 Å². The Labute approximate surface area is 213 Å². The number of aryl methyl sites for hydroxylation is 1. The Bertz CT molecular complexity index is 1110. The summed E-state index contributed by atoms with van der Waals surface area (Å²) in [7, 11) is 2.13. The van der Waals surface area contributed by atoms with Crippen LogP contribution < -0.4 is 4.74 Å². The third kappa shape index (κ3) is 3.59. The maximum absolute atomic E-state index is 7.26. The van der Waals surface area contributed by atoms with Gasteiger partial charge >= 0.3 is 0 Å². The second-order valence-corrected chi connectivity index (χ2v) is 17.7. The summed E-state index contributed by atoms with van der Waals surface area (Å²) in [6.07, 6.45) is 4.76. The molecule has 0 spiro atoms. The van der Waals surface area contributed by atoms with Crippen molar-refractivity contribution in [2.75, 3.05) is 20.3 Å². The van der Waals surface area contributed by atoms with Gasteiger partial charge in [-0.25, -0.2) is 0 Å². The van der Waals surface area contributed by atoms with Gasteiger partial charge in [0.05, 0.1) is 18.7 Å². The molecule has 1 aromatic heterocycles. The molecule has 5 heterocycles. The monoisotopic (exact) mass is 494 g/mol. The van der Waals surface area contributed by atoms with Crippen LogP contribution in [0.1, 0.15) is 72.2 Å². The largest absolute Gasteiger partial charge is 0.497 e. The summed E-state index contributed by atoms with van der Waals surface area (Å²) in [6, 6.07) is 7.72. The molecule has 0 saturated carbocycles. The van der Waals surface area contributed by atoms with Crippen LogP contribution in [-0.4, -0.2) is 44.1 Å². The zero-order valence-electron chi connectivity index (χ0n) is 23.4. The van der Waals surface area contributed by atoms with E-state index in [1.807, 2.05) is 0 Å². The number of benzene rings is 1. The van der Waals surface area contributed by atoms with E-state index in [1.54, 1.807) is 23.9 Å². The van der Waals surface area contributed by atoms with E-state index in [0.29, 0.717) is 40.5 Å². The lowest BCUT2D eigenvalue weighted by Crippen LogP contribution is -2.62. The SMILES string of the molecule is C/C=C1/CN2[C@H]3C[C@@H]1[C@@H](CO[Si](C(C)C)(C(C)C)C(C)C)[C@@H]2Cc1c3n(C)c2cc(OC)ccc12. The lowest BCUT2D eigenvalue weighted by molar-refractivity contribution is -0.0498. The number of aromatic nitrogens is 1. The first kappa shape index (κ1) is 25.1. The third-order valence-electron chi connectivity index (χ3n) is 10.1. The van der Waals surface area contributed by atoms with E-state index in [0.717, 1.165) is 25.3 Å². The second-order valence-electron chi connectivity index (χ2n) is 12.3. The molecule has 5 atom stereocenters. The average Bonchev–Trinajstić information content (AvgIpc) is 3.10. The Morgan fingerprint density at radius 1 is 1.09 bits per heavy atom. The number of hydrogen-bond acceptors (Lipinski definition) is 3. The first-order valence-electron chi connectivity index (χ1n) is 13.9. The van der Waals surface area contributed by atoms with E-state index in [-0.39, 0.29) is 0 Å². The Morgan fingerprint density at radius 3 is 2.37 bits per heavy atom. The van der Waals surface area contributed by atoms with Gasteiger partial charge in [0.2, 0.25) is 0 Å². The highest BCUT2D eigenvalue weighted by atomic mass is 28.4. The number of hydrogen-bond donors (Lipinski definition) is 0. The minimum atomic E-state index is -1.89. The van der Waals surface area contributed by atoms with Gasteiger partial charge in [0, 0.05) is 49.3 Å². The van der Waals surface area contributed by atoms with Crippen molar-refractivity contribution in [1.29, 1.82) is 0 Å². The van der Waals surface area contributed by atoms with Crippen LogP contribution in [0.25, 0.3) is 10.9 Å². The molecule has 4 nitrogen and oxygen atoms in total. The molecule has 192 valence electrons. The summed E-state index contributed by atoms with van der Waals surface area (Å²) in [5, 5.41) is 1.41. The van der Waals surface area contributed by atoms with E-state index in [4.69, 9.17) is 9.16 Å². The highest BCUT2D eigenvalue weighted by Crippen LogP contribution is 2.55. The van der Waals surface area contributed by atoms with Gasteiger partial charge in [-0.2, -0.15) is 0 Å². The normalized spacial score (nSPS) is 29.1. The van der Waals surface area contributed by atoms with Gasteiger partial charge in [-0.1, -0.05) is 53.2 Å². The van der Waals surface area contributed by atoms with Crippen LogP contribution in [0.15, 0.2) is 29.8 Å². The van der Waals surface area contributed by atoms with E-state index in [9.17, 15) is 0 Å². The van der Waals surface area contributed by atoms with E-state index >= 15 is 0 Å². The lowest BCUT2D eigenvalue weighted by atomic mass is 9.64. The number of rotatable bonds is 7. The molecule has 35 heavy (non-hydrogen) atoms. The van der Waals surface area contributed by atoms with Gasteiger partial charge in [0.1, 0.15) is 5.75 Å². The van der Waals surface area contributed by atoms with Crippen molar-refractivity contribution in [1.82, 2.24) is 9.47 Å². The molecule has 6 rings (SSSR count). The molecule has 4 aliphatic rings. The van der Waals surface area contributed by atoms with Crippen LogP contribution in [0.5, 0.6) is 5.75 Å². The first-order chi connectivity index (χ1) is 16.6. The molecule has 0 radical (unpaired) electrons. The van der Waals surface area contributed by atoms with Crippen LogP contribution in [0.4, 0.5) is 0 Å². The minimum absolute atomic E-state index is 0.513. The quantitative estimate of drug-likeness (QED) is 0.300. The predicted molar refractivity (Wildman–Crippen MR) is 149 cm³/mol. The lowest BCUT2D eigenvalue weighted by Gasteiger charge is -2.59. The number of nitrogens with zero attached hydrogens (tertiary/aromatic N) is 2. The maximum Gasteiger partial charge on any atom is 0.200 e. The number of methoxy groups -OCH3 is 1. The Kier molecular flexibility index (Phi) is 6.51. The molecule has 0 aliphatic carbocycles. The summed E-state index contributed by atoms with van der Waals surface area (Å²) in [4.78, 5) is 2.84. The first-order valence-corrected chi connectivity index (χ1v) is 16.0. The minimum Gasteiger partial charge on any atom is -0.497 e. The zero-order chi connectivity index (χ0) is 25.2. The van der Waals surface area contributed by atoms with Crippen molar-refractivity contribution < 1.29 is 9.16 Å². The summed E-state index contributed by atoms with van der Waals surface area (Å²) < 4.78 is 15.3. The van der Waals surface area contributed by atoms with Crippen LogP contribution in [0.3, 0.4) is 0 Å². The fraction of sp³-hybridized carbons (Fsp3) is 0.667. The fourth-order valence-corrected chi connectivity index (χ4v) is 14.1. The van der Waals surface area contributed by atoms with Gasteiger partial charge < -0.3 is 13.7 Å². The summed E-state index contributed by atoms with van der Waals surface area (Å²) in [5.74, 6) is 2.16. The van der Waals surface area contributed by atoms with Gasteiger partial charge in [-0.3, -0.25) is 4.90 Å². The highest BCUT2D eigenvalue weighted by molar-refractivity contribution is 6.77. The molecular weight excluding hydrogens is 448 g/mol. The number of ether oxygens (including phenoxy) is 1. The zero-order valence-corrected chi connectivity index (χ0v) is 24.4. The summed E-state index contributed by atoms with van der Waals surface area (Å²) in [6.45, 7) is 18.8. The molecule has 5 heteroatoms. The molecule has 1 unspecified atom stereocenters. The number of allylic oxidation sites excluding steroid dienone is 1. The molecule has 4 bridgehead atoms. The smallest absolute Gasteiger partial charge is 0.200 e. The number of fused-ring (bicyclic) bond motifs is 4. The van der Waals surface area contributed by atoms with Crippen molar-refractivity contribution in [2.45, 2.75) is 90.0 Å². The van der Waals surface area contributed by atoms with Crippen LogP contribution >= 0.6 is 0 Å². The Morgan fingerprint density at radius 2 is 1.77 bits per heavy atom. The summed E-state index contributed by atoms with van der Waals surface area (Å²) in [5.41, 5.74) is 7.95. The Hall–Kier alpha value is -1.56. The van der Waals surface area contributed by atoms with Crippen molar-refractivity contribution >= 4 is 19.2 Å². The van der Waals surface area contributed by atoms with Crippen LogP contribution in [0.2, 0.25) is 16.6 Å². The molecule has 0 N–H and O–H groups in total. The highest BCUT2D eigenvalue weighted by Gasteiger charge is 2.54. The number of piperidine rings is 3. The van der Waals surface area contributed by atoms with Crippen LogP contribution in [0, 0.1) is 11.8 Å². The second kappa shape index (κ2) is 9.07. The van der Waals surface area contributed by atoms with Gasteiger partial charge in [0.15, 0.2) is 8.32 Å². The topological polar surface area (TPSA) is 26.6 Å². The van der Waals surface area contributed by atoms with Crippen LogP contribution in [-0.2, 0) is 17.9 Å². The third-order valence-corrected chi connectivity index (χ3v) is 16.1.